The average molecular weight is 567 g/mol. The highest BCUT2D eigenvalue weighted by Gasteiger charge is 2.48. The number of Topliss-reactive ketones (excluding diaryl/α,β-unsaturated/α-hetero) is 2. The SMILES string of the molecule is CC1(C)CC(=O)C2=C(C1)N(CCc1ccc(S(N)(=O)=O)cc1)C1=C(C(=O)CC(C)(C)C1)C2c1ccc(Cl)cc1. The third-order valence-corrected chi connectivity index (χ3v) is 9.28. The zero-order valence-electron chi connectivity index (χ0n) is 22.9. The highest BCUT2D eigenvalue weighted by molar-refractivity contribution is 7.89. The number of sulfonamides is 1. The van der Waals surface area contributed by atoms with Gasteiger partial charge in [0.25, 0.3) is 0 Å². The summed E-state index contributed by atoms with van der Waals surface area (Å²) in [6.45, 7) is 9.06. The van der Waals surface area contributed by atoms with Crippen molar-refractivity contribution in [2.45, 2.75) is 70.6 Å². The number of hydrogen-bond donors (Lipinski definition) is 1. The number of nitrogens with zero attached hydrogens (tertiary/aromatic N) is 1. The lowest BCUT2D eigenvalue weighted by atomic mass is 9.63. The predicted molar refractivity (Wildman–Crippen MR) is 153 cm³/mol. The van der Waals surface area contributed by atoms with Gasteiger partial charge in [-0.3, -0.25) is 9.59 Å². The molecule has 0 amide bonds. The van der Waals surface area contributed by atoms with Gasteiger partial charge >= 0.3 is 0 Å². The standard InChI is InChI=1S/C31H35ClN2O4S/c1-30(2)15-23-28(25(35)17-30)27(20-7-9-21(32)10-8-20)29-24(16-31(3,4)18-26(29)36)34(23)14-13-19-5-11-22(12-6-19)39(33,37)38/h5-12,27H,13-18H2,1-4H3,(H2,33,37,38). The van der Waals surface area contributed by atoms with E-state index in [2.05, 4.69) is 32.6 Å². The summed E-state index contributed by atoms with van der Waals surface area (Å²) < 4.78 is 23.4. The molecule has 39 heavy (non-hydrogen) atoms. The number of hydrogen-bond acceptors (Lipinski definition) is 5. The molecule has 0 saturated carbocycles. The first kappa shape index (κ1) is 27.8. The Hall–Kier alpha value is -2.74. The van der Waals surface area contributed by atoms with Crippen LogP contribution in [0.25, 0.3) is 0 Å². The molecule has 0 unspecified atom stereocenters. The molecule has 0 radical (unpaired) electrons. The topological polar surface area (TPSA) is 97.5 Å². The summed E-state index contributed by atoms with van der Waals surface area (Å²) >= 11 is 6.21. The fourth-order valence-corrected chi connectivity index (χ4v) is 7.03. The largest absolute Gasteiger partial charge is 0.347 e. The summed E-state index contributed by atoms with van der Waals surface area (Å²) in [6, 6.07) is 14.1. The zero-order valence-corrected chi connectivity index (χ0v) is 24.5. The second-order valence-corrected chi connectivity index (χ2v) is 14.7. The van der Waals surface area contributed by atoms with Crippen molar-refractivity contribution in [2.24, 2.45) is 16.0 Å². The Kier molecular flexibility index (Phi) is 6.93. The first-order valence-electron chi connectivity index (χ1n) is 13.3. The molecule has 2 aromatic carbocycles. The maximum absolute atomic E-state index is 13.8. The van der Waals surface area contributed by atoms with Crippen LogP contribution >= 0.6 is 11.6 Å². The number of ketones is 2. The second kappa shape index (κ2) is 9.72. The molecule has 5 rings (SSSR count). The molecule has 3 aliphatic rings. The number of primary sulfonamides is 1. The van der Waals surface area contributed by atoms with Gasteiger partial charge < -0.3 is 4.90 Å². The normalized spacial score (nSPS) is 21.2. The number of halogens is 1. The van der Waals surface area contributed by atoms with Gasteiger partial charge in [-0.15, -0.1) is 0 Å². The van der Waals surface area contributed by atoms with Gasteiger partial charge in [0.15, 0.2) is 11.6 Å². The van der Waals surface area contributed by atoms with Crippen LogP contribution in [0, 0.1) is 10.8 Å². The molecule has 206 valence electrons. The molecule has 0 atom stereocenters. The van der Waals surface area contributed by atoms with Crippen molar-refractivity contribution in [3.05, 3.63) is 87.2 Å². The van der Waals surface area contributed by atoms with E-state index in [1.165, 1.54) is 12.1 Å². The van der Waals surface area contributed by atoms with Crippen molar-refractivity contribution in [1.29, 1.82) is 0 Å². The van der Waals surface area contributed by atoms with Crippen LogP contribution in [0.5, 0.6) is 0 Å². The lowest BCUT2D eigenvalue weighted by Gasteiger charge is -2.49. The number of rotatable bonds is 5. The number of nitrogens with two attached hydrogens (primary N) is 1. The molecule has 2 N–H and O–H groups in total. The van der Waals surface area contributed by atoms with Crippen LogP contribution in [0.15, 0.2) is 76.0 Å². The summed E-state index contributed by atoms with van der Waals surface area (Å²) in [7, 11) is -3.77. The van der Waals surface area contributed by atoms with E-state index in [4.69, 9.17) is 16.7 Å². The fraction of sp³-hybridized carbons (Fsp3) is 0.419. The number of carbonyl (C=O) groups is 2. The van der Waals surface area contributed by atoms with Gasteiger partial charge in [0.2, 0.25) is 10.0 Å². The lowest BCUT2D eigenvalue weighted by molar-refractivity contribution is -0.119. The Morgan fingerprint density at radius 2 is 1.31 bits per heavy atom. The maximum Gasteiger partial charge on any atom is 0.238 e. The van der Waals surface area contributed by atoms with Crippen LogP contribution < -0.4 is 5.14 Å². The van der Waals surface area contributed by atoms with E-state index < -0.39 is 15.9 Å². The predicted octanol–water partition coefficient (Wildman–Crippen LogP) is 5.92. The molecule has 2 aliphatic carbocycles. The molecule has 1 heterocycles. The van der Waals surface area contributed by atoms with Gasteiger partial charge in [0, 0.05) is 52.9 Å². The van der Waals surface area contributed by atoms with E-state index in [0.29, 0.717) is 30.8 Å². The van der Waals surface area contributed by atoms with Crippen LogP contribution in [0.1, 0.15) is 70.4 Å². The van der Waals surface area contributed by atoms with E-state index in [0.717, 1.165) is 46.5 Å². The van der Waals surface area contributed by atoms with Gasteiger partial charge in [-0.1, -0.05) is 63.6 Å². The number of allylic oxidation sites excluding steroid dienone is 4. The van der Waals surface area contributed by atoms with Crippen molar-refractivity contribution in [1.82, 2.24) is 4.90 Å². The molecule has 0 saturated heterocycles. The van der Waals surface area contributed by atoms with Crippen LogP contribution in [0.3, 0.4) is 0 Å². The van der Waals surface area contributed by atoms with Crippen LogP contribution in [0.2, 0.25) is 5.02 Å². The lowest BCUT2D eigenvalue weighted by Crippen LogP contribution is -2.45. The first-order chi connectivity index (χ1) is 18.2. The van der Waals surface area contributed by atoms with Gasteiger partial charge in [0.05, 0.1) is 4.90 Å². The summed E-state index contributed by atoms with van der Waals surface area (Å²) in [5.41, 5.74) is 4.92. The van der Waals surface area contributed by atoms with E-state index in [1.54, 1.807) is 12.1 Å². The molecule has 1 aliphatic heterocycles. The maximum atomic E-state index is 13.8. The Balaban J connectivity index is 1.63. The molecule has 6 nitrogen and oxygen atoms in total. The van der Waals surface area contributed by atoms with Crippen molar-refractivity contribution in [3.8, 4) is 0 Å². The Bertz CT molecular complexity index is 1460. The van der Waals surface area contributed by atoms with Crippen LogP contribution in [-0.2, 0) is 26.0 Å². The van der Waals surface area contributed by atoms with Crippen LogP contribution in [0.4, 0.5) is 0 Å². The summed E-state index contributed by atoms with van der Waals surface area (Å²) in [5, 5.41) is 5.88. The minimum atomic E-state index is -3.77. The molecule has 0 aromatic heterocycles. The fourth-order valence-electron chi connectivity index (χ4n) is 6.39. The van der Waals surface area contributed by atoms with E-state index in [9.17, 15) is 18.0 Å². The van der Waals surface area contributed by atoms with Crippen LogP contribution in [-0.4, -0.2) is 31.4 Å². The summed E-state index contributed by atoms with van der Waals surface area (Å²) in [6.07, 6.45) is 2.94. The van der Waals surface area contributed by atoms with Gasteiger partial charge in [0.1, 0.15) is 0 Å². The van der Waals surface area contributed by atoms with Crippen molar-refractivity contribution < 1.29 is 18.0 Å². The summed E-state index contributed by atoms with van der Waals surface area (Å²) in [4.78, 5) is 30.0. The van der Waals surface area contributed by atoms with Crippen molar-refractivity contribution >= 4 is 33.2 Å². The Morgan fingerprint density at radius 1 is 0.821 bits per heavy atom. The van der Waals surface area contributed by atoms with Gasteiger partial charge in [-0.25, -0.2) is 13.6 Å². The Labute approximate surface area is 236 Å². The van der Waals surface area contributed by atoms with E-state index in [-0.39, 0.29) is 27.3 Å². The van der Waals surface area contributed by atoms with Gasteiger partial charge in [-0.2, -0.15) is 0 Å². The van der Waals surface area contributed by atoms with E-state index >= 15 is 0 Å². The zero-order chi connectivity index (χ0) is 28.3. The molecule has 0 fully saturated rings. The van der Waals surface area contributed by atoms with E-state index in [1.807, 2.05) is 24.3 Å². The molecular formula is C31H35ClN2O4S. The molecular weight excluding hydrogens is 532 g/mol. The third kappa shape index (κ3) is 5.49. The monoisotopic (exact) mass is 566 g/mol. The average Bonchev–Trinajstić information content (AvgIpc) is 2.81. The molecule has 0 spiro atoms. The number of carbonyl (C=O) groups excluding carboxylic acids is 2. The smallest absolute Gasteiger partial charge is 0.238 e. The minimum Gasteiger partial charge on any atom is -0.347 e. The minimum absolute atomic E-state index is 0.0734. The first-order valence-corrected chi connectivity index (χ1v) is 15.2. The third-order valence-electron chi connectivity index (χ3n) is 8.10. The van der Waals surface area contributed by atoms with Crippen molar-refractivity contribution in [3.63, 3.8) is 0 Å². The van der Waals surface area contributed by atoms with Crippen molar-refractivity contribution in [2.75, 3.05) is 6.54 Å². The quantitative estimate of drug-likeness (QED) is 0.485. The number of benzene rings is 2. The highest BCUT2D eigenvalue weighted by atomic mass is 35.5. The highest BCUT2D eigenvalue weighted by Crippen LogP contribution is 2.54. The molecule has 2 aromatic rings. The second-order valence-electron chi connectivity index (χ2n) is 12.7. The molecule has 8 heteroatoms. The molecule has 0 bridgehead atoms. The Morgan fingerprint density at radius 3 is 1.77 bits per heavy atom. The van der Waals surface area contributed by atoms with Gasteiger partial charge in [-0.05, 0) is 65.5 Å². The summed E-state index contributed by atoms with van der Waals surface area (Å²) in [5.74, 6) is -0.217.